The third kappa shape index (κ3) is 3.53. The van der Waals surface area contributed by atoms with Gasteiger partial charge in [-0.3, -0.25) is 4.79 Å². The largest absolute Gasteiger partial charge is 0.345 e. The van der Waals surface area contributed by atoms with Gasteiger partial charge in [-0.1, -0.05) is 0 Å². The van der Waals surface area contributed by atoms with Crippen LogP contribution in [0.4, 0.5) is 5.95 Å². The number of likely N-dealkylation sites (N-methyl/N-ethyl adjacent to an activating group) is 1. The van der Waals surface area contributed by atoms with Crippen LogP contribution in [0.2, 0.25) is 0 Å². The van der Waals surface area contributed by atoms with Gasteiger partial charge < -0.3 is 10.2 Å². The molecule has 0 bridgehead atoms. The second kappa shape index (κ2) is 5.95. The Morgan fingerprint density at radius 1 is 1.33 bits per heavy atom. The zero-order valence-corrected chi connectivity index (χ0v) is 9.10. The summed E-state index contributed by atoms with van der Waals surface area (Å²) < 4.78 is 0. The Labute approximate surface area is 89.5 Å². The zero-order valence-electron chi connectivity index (χ0n) is 9.10. The molecule has 0 saturated carbocycles. The quantitative estimate of drug-likeness (QED) is 0.776. The number of amides is 1. The summed E-state index contributed by atoms with van der Waals surface area (Å²) in [6.45, 7) is 5.62. The van der Waals surface area contributed by atoms with Gasteiger partial charge in [-0.2, -0.15) is 0 Å². The number of nitrogens with one attached hydrogen (secondary N) is 1. The van der Waals surface area contributed by atoms with Crippen LogP contribution in [0, 0.1) is 0 Å². The van der Waals surface area contributed by atoms with Crippen LogP contribution in [-0.4, -0.2) is 40.4 Å². The molecule has 0 radical (unpaired) electrons. The van der Waals surface area contributed by atoms with Crippen LogP contribution in [-0.2, 0) is 4.79 Å². The zero-order chi connectivity index (χ0) is 11.1. The first-order chi connectivity index (χ1) is 7.27. The smallest absolute Gasteiger partial charge is 0.241 e. The lowest BCUT2D eigenvalue weighted by Gasteiger charge is -2.18. The van der Waals surface area contributed by atoms with Gasteiger partial charge in [-0.25, -0.2) is 9.97 Å². The summed E-state index contributed by atoms with van der Waals surface area (Å²) in [5, 5.41) is 2.88. The topological polar surface area (TPSA) is 58.1 Å². The van der Waals surface area contributed by atoms with E-state index in [1.165, 1.54) is 0 Å². The van der Waals surface area contributed by atoms with Crippen molar-refractivity contribution in [2.75, 3.05) is 25.0 Å². The van der Waals surface area contributed by atoms with Gasteiger partial charge in [0.25, 0.3) is 0 Å². The van der Waals surface area contributed by atoms with E-state index >= 15 is 0 Å². The van der Waals surface area contributed by atoms with E-state index in [0.29, 0.717) is 5.95 Å². The molecule has 0 aliphatic carbocycles. The average molecular weight is 208 g/mol. The summed E-state index contributed by atoms with van der Waals surface area (Å²) in [5.74, 6) is 0.547. The lowest BCUT2D eigenvalue weighted by Crippen LogP contribution is -2.35. The van der Waals surface area contributed by atoms with E-state index in [4.69, 9.17) is 0 Å². The van der Waals surface area contributed by atoms with Crippen molar-refractivity contribution in [2.24, 2.45) is 0 Å². The highest BCUT2D eigenvalue weighted by Gasteiger charge is 2.08. The van der Waals surface area contributed by atoms with E-state index in [-0.39, 0.29) is 12.5 Å². The van der Waals surface area contributed by atoms with Crippen molar-refractivity contribution >= 4 is 11.9 Å². The number of aromatic nitrogens is 2. The summed E-state index contributed by atoms with van der Waals surface area (Å²) in [6, 6.07) is 1.73. The van der Waals surface area contributed by atoms with E-state index in [2.05, 4.69) is 15.3 Å². The molecule has 0 aliphatic heterocycles. The molecule has 5 nitrogen and oxygen atoms in total. The molecule has 0 aliphatic rings. The molecule has 0 aromatic carbocycles. The predicted octanol–water partition coefficient (Wildman–Crippen LogP) is 0.757. The first-order valence-electron chi connectivity index (χ1n) is 5.06. The second-order valence-corrected chi connectivity index (χ2v) is 2.99. The van der Waals surface area contributed by atoms with Crippen LogP contribution in [0.3, 0.4) is 0 Å². The van der Waals surface area contributed by atoms with E-state index in [1.807, 2.05) is 13.8 Å². The molecule has 1 aromatic rings. The van der Waals surface area contributed by atoms with E-state index < -0.39 is 0 Å². The minimum atomic E-state index is 0.0625. The van der Waals surface area contributed by atoms with Crippen LogP contribution < -0.4 is 5.32 Å². The van der Waals surface area contributed by atoms with Crippen LogP contribution in [0.1, 0.15) is 13.8 Å². The highest BCUT2D eigenvalue weighted by atomic mass is 16.2. The molecule has 1 heterocycles. The molecule has 1 rings (SSSR count). The maximum absolute atomic E-state index is 11.6. The molecule has 0 spiro atoms. The first-order valence-corrected chi connectivity index (χ1v) is 5.06. The predicted molar refractivity (Wildman–Crippen MR) is 58.4 cm³/mol. The van der Waals surface area contributed by atoms with Crippen LogP contribution in [0.25, 0.3) is 0 Å². The SMILES string of the molecule is CCN(CC)C(=O)CNc1ncccn1. The lowest BCUT2D eigenvalue weighted by atomic mass is 10.4. The third-order valence-corrected chi connectivity index (χ3v) is 2.08. The fraction of sp³-hybridized carbons (Fsp3) is 0.500. The molecular formula is C10H16N4O. The van der Waals surface area contributed by atoms with E-state index in [0.717, 1.165) is 13.1 Å². The summed E-state index contributed by atoms with van der Waals surface area (Å²) in [6.07, 6.45) is 3.27. The third-order valence-electron chi connectivity index (χ3n) is 2.08. The van der Waals surface area contributed by atoms with Gasteiger partial charge >= 0.3 is 0 Å². The summed E-state index contributed by atoms with van der Waals surface area (Å²) in [5.41, 5.74) is 0. The first kappa shape index (κ1) is 11.4. The number of carbonyl (C=O) groups is 1. The molecule has 15 heavy (non-hydrogen) atoms. The van der Waals surface area contributed by atoms with Crippen molar-refractivity contribution in [3.63, 3.8) is 0 Å². The maximum atomic E-state index is 11.6. The molecular weight excluding hydrogens is 192 g/mol. The summed E-state index contributed by atoms with van der Waals surface area (Å²) >= 11 is 0. The van der Waals surface area contributed by atoms with Gasteiger partial charge in [-0.15, -0.1) is 0 Å². The Hall–Kier alpha value is -1.65. The van der Waals surface area contributed by atoms with Gasteiger partial charge in [-0.05, 0) is 19.9 Å². The number of hydrogen-bond acceptors (Lipinski definition) is 4. The monoisotopic (exact) mass is 208 g/mol. The van der Waals surface area contributed by atoms with Crippen molar-refractivity contribution in [1.29, 1.82) is 0 Å². The molecule has 5 heteroatoms. The normalized spacial score (nSPS) is 9.73. The number of nitrogens with zero attached hydrogens (tertiary/aromatic N) is 3. The Balaban J connectivity index is 2.40. The molecule has 0 fully saturated rings. The molecule has 0 unspecified atom stereocenters. The lowest BCUT2D eigenvalue weighted by molar-refractivity contribution is -0.128. The number of rotatable bonds is 5. The number of hydrogen-bond donors (Lipinski definition) is 1. The molecule has 82 valence electrons. The van der Waals surface area contributed by atoms with Crippen molar-refractivity contribution in [3.05, 3.63) is 18.5 Å². The molecule has 0 atom stereocenters. The average Bonchev–Trinajstić information content (AvgIpc) is 2.29. The van der Waals surface area contributed by atoms with Crippen LogP contribution >= 0.6 is 0 Å². The Bertz CT molecular complexity index is 298. The van der Waals surface area contributed by atoms with Gasteiger partial charge in [0.2, 0.25) is 11.9 Å². The van der Waals surface area contributed by atoms with Crippen molar-refractivity contribution < 1.29 is 4.79 Å². The highest BCUT2D eigenvalue weighted by Crippen LogP contribution is 1.95. The molecule has 0 saturated heterocycles. The van der Waals surface area contributed by atoms with E-state index in [1.54, 1.807) is 23.4 Å². The minimum absolute atomic E-state index is 0.0625. The molecule has 1 amide bonds. The highest BCUT2D eigenvalue weighted by molar-refractivity contribution is 5.80. The van der Waals surface area contributed by atoms with Gasteiger partial charge in [0.05, 0.1) is 6.54 Å². The Morgan fingerprint density at radius 2 is 1.93 bits per heavy atom. The van der Waals surface area contributed by atoms with Crippen molar-refractivity contribution in [2.45, 2.75) is 13.8 Å². The van der Waals surface area contributed by atoms with Crippen LogP contribution in [0.15, 0.2) is 18.5 Å². The summed E-state index contributed by atoms with van der Waals surface area (Å²) in [7, 11) is 0. The summed E-state index contributed by atoms with van der Waals surface area (Å²) in [4.78, 5) is 21.3. The standard InChI is InChI=1S/C10H16N4O/c1-3-14(4-2)9(15)8-13-10-11-6-5-7-12-10/h5-7H,3-4,8H2,1-2H3,(H,11,12,13). The molecule has 1 aromatic heterocycles. The van der Waals surface area contributed by atoms with Gasteiger partial charge in [0.15, 0.2) is 0 Å². The van der Waals surface area contributed by atoms with Crippen molar-refractivity contribution in [1.82, 2.24) is 14.9 Å². The van der Waals surface area contributed by atoms with Crippen molar-refractivity contribution in [3.8, 4) is 0 Å². The van der Waals surface area contributed by atoms with Crippen LogP contribution in [0.5, 0.6) is 0 Å². The fourth-order valence-corrected chi connectivity index (χ4v) is 1.23. The number of anilines is 1. The molecule has 1 N–H and O–H groups in total. The Kier molecular flexibility index (Phi) is 4.53. The van der Waals surface area contributed by atoms with Gasteiger partial charge in [0.1, 0.15) is 0 Å². The minimum Gasteiger partial charge on any atom is -0.345 e. The maximum Gasteiger partial charge on any atom is 0.241 e. The fourth-order valence-electron chi connectivity index (χ4n) is 1.23. The number of carbonyl (C=O) groups excluding carboxylic acids is 1. The second-order valence-electron chi connectivity index (χ2n) is 2.99. The Morgan fingerprint density at radius 3 is 2.47 bits per heavy atom. The van der Waals surface area contributed by atoms with E-state index in [9.17, 15) is 4.79 Å². The van der Waals surface area contributed by atoms with Gasteiger partial charge in [0, 0.05) is 25.5 Å².